The van der Waals surface area contributed by atoms with E-state index >= 15 is 0 Å². The smallest absolute Gasteiger partial charge is 0.228 e. The van der Waals surface area contributed by atoms with E-state index < -0.39 is 0 Å². The van der Waals surface area contributed by atoms with Gasteiger partial charge in [0.25, 0.3) is 0 Å². The van der Waals surface area contributed by atoms with Gasteiger partial charge in [0.2, 0.25) is 5.91 Å². The molecule has 0 aliphatic rings. The number of anilines is 1. The van der Waals surface area contributed by atoms with Gasteiger partial charge in [-0.05, 0) is 24.0 Å². The average molecular weight is 306 g/mol. The van der Waals surface area contributed by atoms with E-state index in [0.717, 1.165) is 22.8 Å². The SMILES string of the molecule is C=CCSc1ccccc1NC(=O)C(CN)CC(C)(C)C. The van der Waals surface area contributed by atoms with Crippen molar-refractivity contribution in [3.05, 3.63) is 36.9 Å². The van der Waals surface area contributed by atoms with E-state index in [1.54, 1.807) is 11.8 Å². The van der Waals surface area contributed by atoms with Crippen LogP contribution in [0.25, 0.3) is 0 Å². The van der Waals surface area contributed by atoms with Crippen molar-refractivity contribution in [1.29, 1.82) is 0 Å². The van der Waals surface area contributed by atoms with Gasteiger partial charge in [-0.3, -0.25) is 4.79 Å². The summed E-state index contributed by atoms with van der Waals surface area (Å²) in [5, 5.41) is 3.02. The van der Waals surface area contributed by atoms with Gasteiger partial charge in [-0.1, -0.05) is 39.0 Å². The lowest BCUT2D eigenvalue weighted by Crippen LogP contribution is -2.32. The van der Waals surface area contributed by atoms with Gasteiger partial charge < -0.3 is 11.1 Å². The average Bonchev–Trinajstić information content (AvgIpc) is 2.42. The van der Waals surface area contributed by atoms with Gasteiger partial charge in [0, 0.05) is 17.2 Å². The van der Waals surface area contributed by atoms with Crippen molar-refractivity contribution in [2.45, 2.75) is 32.1 Å². The molecule has 3 nitrogen and oxygen atoms in total. The van der Waals surface area contributed by atoms with Crippen LogP contribution in [0.5, 0.6) is 0 Å². The van der Waals surface area contributed by atoms with E-state index in [-0.39, 0.29) is 17.2 Å². The molecule has 0 aromatic heterocycles. The number of rotatable bonds is 7. The van der Waals surface area contributed by atoms with Crippen LogP contribution >= 0.6 is 11.8 Å². The summed E-state index contributed by atoms with van der Waals surface area (Å²) in [5.74, 6) is 0.649. The van der Waals surface area contributed by atoms with Crippen molar-refractivity contribution in [2.24, 2.45) is 17.1 Å². The van der Waals surface area contributed by atoms with Crippen molar-refractivity contribution in [1.82, 2.24) is 0 Å². The lowest BCUT2D eigenvalue weighted by molar-refractivity contribution is -0.120. The molecule has 0 fully saturated rings. The number of carbonyl (C=O) groups is 1. The summed E-state index contributed by atoms with van der Waals surface area (Å²) in [4.78, 5) is 13.5. The van der Waals surface area contributed by atoms with Crippen LogP contribution in [0.3, 0.4) is 0 Å². The van der Waals surface area contributed by atoms with Crippen molar-refractivity contribution in [3.8, 4) is 0 Å². The molecule has 1 atom stereocenters. The van der Waals surface area contributed by atoms with Crippen LogP contribution in [0.15, 0.2) is 41.8 Å². The molecule has 4 heteroatoms. The monoisotopic (exact) mass is 306 g/mol. The number of thioether (sulfide) groups is 1. The minimum absolute atomic E-state index is 0.000854. The van der Waals surface area contributed by atoms with Gasteiger partial charge >= 0.3 is 0 Å². The molecule has 3 N–H and O–H groups in total. The first kappa shape index (κ1) is 17.8. The summed E-state index contributed by atoms with van der Waals surface area (Å²) < 4.78 is 0. The predicted molar refractivity (Wildman–Crippen MR) is 92.6 cm³/mol. The number of para-hydroxylation sites is 1. The Bertz CT molecular complexity index is 480. The quantitative estimate of drug-likeness (QED) is 0.593. The van der Waals surface area contributed by atoms with Crippen molar-refractivity contribution in [2.75, 3.05) is 17.6 Å². The highest BCUT2D eigenvalue weighted by atomic mass is 32.2. The molecule has 0 aliphatic heterocycles. The summed E-state index contributed by atoms with van der Waals surface area (Å²) in [6, 6.07) is 7.82. The van der Waals surface area contributed by atoms with Crippen LogP contribution in [-0.4, -0.2) is 18.2 Å². The van der Waals surface area contributed by atoms with Crippen LogP contribution in [0.4, 0.5) is 5.69 Å². The van der Waals surface area contributed by atoms with E-state index in [4.69, 9.17) is 5.73 Å². The molecule has 0 heterocycles. The topological polar surface area (TPSA) is 55.1 Å². The first-order chi connectivity index (χ1) is 9.87. The fourth-order valence-electron chi connectivity index (χ4n) is 2.10. The number of hydrogen-bond donors (Lipinski definition) is 2. The zero-order valence-corrected chi connectivity index (χ0v) is 14.0. The van der Waals surface area contributed by atoms with Gasteiger partial charge in [-0.25, -0.2) is 0 Å². The number of nitrogens with one attached hydrogen (secondary N) is 1. The van der Waals surface area contributed by atoms with Gasteiger partial charge in [0.05, 0.1) is 11.6 Å². The van der Waals surface area contributed by atoms with Crippen LogP contribution in [-0.2, 0) is 4.79 Å². The minimum atomic E-state index is -0.164. The maximum absolute atomic E-state index is 12.4. The molecular formula is C17H26N2OS. The molecule has 0 spiro atoms. The van der Waals surface area contributed by atoms with Crippen LogP contribution < -0.4 is 11.1 Å². The number of benzene rings is 1. The fourth-order valence-corrected chi connectivity index (χ4v) is 2.85. The van der Waals surface area contributed by atoms with Crippen molar-refractivity contribution >= 4 is 23.4 Å². The highest BCUT2D eigenvalue weighted by Gasteiger charge is 2.24. The second-order valence-corrected chi connectivity index (χ2v) is 7.34. The second-order valence-electron chi connectivity index (χ2n) is 6.28. The summed E-state index contributed by atoms with van der Waals surface area (Å²) in [5.41, 5.74) is 6.70. The first-order valence-corrected chi connectivity index (χ1v) is 8.19. The van der Waals surface area contributed by atoms with E-state index in [2.05, 4.69) is 32.7 Å². The van der Waals surface area contributed by atoms with Crippen molar-refractivity contribution in [3.63, 3.8) is 0 Å². The Morgan fingerprint density at radius 2 is 2.10 bits per heavy atom. The van der Waals surface area contributed by atoms with Crippen LogP contribution in [0, 0.1) is 11.3 Å². The third-order valence-electron chi connectivity index (χ3n) is 3.02. The van der Waals surface area contributed by atoms with Crippen LogP contribution in [0.1, 0.15) is 27.2 Å². The van der Waals surface area contributed by atoms with Gasteiger partial charge in [0.15, 0.2) is 0 Å². The van der Waals surface area contributed by atoms with Crippen LogP contribution in [0.2, 0.25) is 0 Å². The zero-order valence-electron chi connectivity index (χ0n) is 13.2. The van der Waals surface area contributed by atoms with E-state index in [9.17, 15) is 4.79 Å². The molecule has 1 aromatic rings. The zero-order chi connectivity index (χ0) is 15.9. The number of amides is 1. The summed E-state index contributed by atoms with van der Waals surface area (Å²) in [6.45, 7) is 10.5. The summed E-state index contributed by atoms with van der Waals surface area (Å²) >= 11 is 1.66. The molecule has 21 heavy (non-hydrogen) atoms. The molecule has 0 bridgehead atoms. The Kier molecular flexibility index (Phi) is 6.99. The molecule has 0 radical (unpaired) electrons. The molecule has 0 aliphatic carbocycles. The van der Waals surface area contributed by atoms with E-state index in [1.165, 1.54) is 0 Å². The Labute approximate surface area is 132 Å². The predicted octanol–water partition coefficient (Wildman–Crippen LogP) is 3.91. The highest BCUT2D eigenvalue weighted by molar-refractivity contribution is 7.99. The lowest BCUT2D eigenvalue weighted by atomic mass is 9.84. The van der Waals surface area contributed by atoms with Gasteiger partial charge in [0.1, 0.15) is 0 Å². The third kappa shape index (κ3) is 6.36. The molecule has 116 valence electrons. The molecule has 1 amide bonds. The Morgan fingerprint density at radius 1 is 1.43 bits per heavy atom. The van der Waals surface area contributed by atoms with Gasteiger partial charge in [-0.2, -0.15) is 0 Å². The molecule has 1 aromatic carbocycles. The Hall–Kier alpha value is -1.26. The second kappa shape index (κ2) is 8.25. The molecule has 0 saturated heterocycles. The molecule has 1 unspecified atom stereocenters. The highest BCUT2D eigenvalue weighted by Crippen LogP contribution is 2.29. The number of nitrogens with two attached hydrogens (primary N) is 1. The molecule has 1 rings (SSSR count). The Balaban J connectivity index is 2.79. The Morgan fingerprint density at radius 3 is 2.67 bits per heavy atom. The van der Waals surface area contributed by atoms with E-state index in [0.29, 0.717) is 6.54 Å². The third-order valence-corrected chi connectivity index (χ3v) is 4.09. The normalized spacial score (nSPS) is 12.8. The summed E-state index contributed by atoms with van der Waals surface area (Å²) in [6.07, 6.45) is 2.63. The maximum atomic E-state index is 12.4. The lowest BCUT2D eigenvalue weighted by Gasteiger charge is -2.24. The van der Waals surface area contributed by atoms with Crippen molar-refractivity contribution < 1.29 is 4.79 Å². The minimum Gasteiger partial charge on any atom is -0.330 e. The number of carbonyl (C=O) groups excluding carboxylic acids is 1. The maximum Gasteiger partial charge on any atom is 0.228 e. The number of hydrogen-bond acceptors (Lipinski definition) is 3. The standard InChI is InChI=1S/C17H26N2OS/c1-5-10-21-15-9-7-6-8-14(15)19-16(20)13(12-18)11-17(2,3)4/h5-9,13H,1,10-12,18H2,2-4H3,(H,19,20). The largest absolute Gasteiger partial charge is 0.330 e. The summed E-state index contributed by atoms with van der Waals surface area (Å²) in [7, 11) is 0. The first-order valence-electron chi connectivity index (χ1n) is 7.21. The molecular weight excluding hydrogens is 280 g/mol. The van der Waals surface area contributed by atoms with E-state index in [1.807, 2.05) is 30.3 Å². The van der Waals surface area contributed by atoms with Gasteiger partial charge in [-0.15, -0.1) is 18.3 Å². The fraction of sp³-hybridized carbons (Fsp3) is 0.471. The molecule has 0 saturated carbocycles.